The number of sulfonamides is 1. The van der Waals surface area contributed by atoms with Crippen molar-refractivity contribution in [2.45, 2.75) is 11.0 Å². The van der Waals surface area contributed by atoms with Crippen LogP contribution in [0.15, 0.2) is 15.4 Å². The molecule has 0 amide bonds. The molecule has 1 aromatic rings. The van der Waals surface area contributed by atoms with Gasteiger partial charge in [-0.15, -0.1) is 0 Å². The number of aliphatic hydroxyl groups excluding tert-OH is 1. The first-order valence-electron chi connectivity index (χ1n) is 5.30. The summed E-state index contributed by atoms with van der Waals surface area (Å²) < 4.78 is 43.9. The lowest BCUT2D eigenvalue weighted by atomic mass is 10.3. The van der Waals surface area contributed by atoms with E-state index in [4.69, 9.17) is 17.3 Å². The number of carbonyl (C=O) groups is 1. The Morgan fingerprint density at radius 1 is 1.67 bits per heavy atom. The Hall–Kier alpha value is -0.940. The lowest BCUT2D eigenvalue weighted by Gasteiger charge is -2.13. The highest BCUT2D eigenvalue weighted by Crippen LogP contribution is 2.34. The van der Waals surface area contributed by atoms with Gasteiger partial charge in [0.2, 0.25) is 10.0 Å². The quantitative estimate of drug-likeness (QED) is 0.376. The fraction of sp³-hybridized carbons (Fsp3) is 0.300. The van der Waals surface area contributed by atoms with E-state index in [1.807, 2.05) is 4.72 Å². The van der Waals surface area contributed by atoms with Crippen LogP contribution in [0.2, 0.25) is 5.02 Å². The van der Waals surface area contributed by atoms with Crippen molar-refractivity contribution >= 4 is 49.2 Å². The molecule has 11 heteroatoms. The summed E-state index contributed by atoms with van der Waals surface area (Å²) in [4.78, 5) is 10.2. The number of carbonyl (C=O) groups excluding carboxylic acids is 1. The Morgan fingerprint density at radius 2 is 2.24 bits per heavy atom. The van der Waals surface area contributed by atoms with Crippen molar-refractivity contribution in [2.24, 2.45) is 0 Å². The van der Waals surface area contributed by atoms with E-state index in [0.29, 0.717) is 0 Å². The van der Waals surface area contributed by atoms with Gasteiger partial charge in [-0.05, 0) is 22.0 Å². The third-order valence-electron chi connectivity index (χ3n) is 2.39. The molecule has 0 bridgehead atoms. The molecule has 1 unspecified atom stereocenters. The predicted octanol–water partition coefficient (Wildman–Crippen LogP) is 0.636. The van der Waals surface area contributed by atoms with Crippen molar-refractivity contribution in [3.05, 3.63) is 21.4 Å². The molecule has 0 fully saturated rings. The molecule has 21 heavy (non-hydrogen) atoms. The maximum atomic E-state index is 13.9. The fourth-order valence-electron chi connectivity index (χ4n) is 1.28. The van der Waals surface area contributed by atoms with Crippen LogP contribution >= 0.6 is 27.5 Å². The molecular weight excluding hydrogens is 395 g/mol. The summed E-state index contributed by atoms with van der Waals surface area (Å²) >= 11 is 8.63. The van der Waals surface area contributed by atoms with Crippen molar-refractivity contribution in [3.63, 3.8) is 0 Å². The maximum Gasteiger partial charge on any atom is 0.336 e. The molecule has 4 N–H and O–H groups in total. The van der Waals surface area contributed by atoms with Gasteiger partial charge in [-0.2, -0.15) is 0 Å². The first-order valence-corrected chi connectivity index (χ1v) is 7.95. The first-order chi connectivity index (χ1) is 9.61. The highest BCUT2D eigenvalue weighted by Gasteiger charge is 2.26. The van der Waals surface area contributed by atoms with Gasteiger partial charge in [0, 0.05) is 6.54 Å². The molecular formula is C10H11BrClFN2O5S. The molecule has 0 saturated heterocycles. The van der Waals surface area contributed by atoms with E-state index in [2.05, 4.69) is 20.7 Å². The molecule has 0 aliphatic carbocycles. The van der Waals surface area contributed by atoms with Crippen LogP contribution in [-0.2, 0) is 19.6 Å². The third kappa shape index (κ3) is 4.04. The van der Waals surface area contributed by atoms with Crippen LogP contribution in [0, 0.1) is 5.82 Å². The lowest BCUT2D eigenvalue weighted by Crippen LogP contribution is -2.37. The van der Waals surface area contributed by atoms with Crippen LogP contribution in [0.25, 0.3) is 0 Å². The van der Waals surface area contributed by atoms with E-state index in [1.54, 1.807) is 0 Å². The number of esters is 1. The van der Waals surface area contributed by atoms with E-state index in [0.717, 1.165) is 13.2 Å². The molecule has 0 aliphatic rings. The van der Waals surface area contributed by atoms with Crippen molar-refractivity contribution in [3.8, 4) is 0 Å². The topological polar surface area (TPSA) is 119 Å². The van der Waals surface area contributed by atoms with Crippen LogP contribution in [0.3, 0.4) is 0 Å². The van der Waals surface area contributed by atoms with Gasteiger partial charge in [-0.25, -0.2) is 22.3 Å². The maximum absolute atomic E-state index is 13.9. The second-order valence-corrected chi connectivity index (χ2v) is 6.72. The summed E-state index contributed by atoms with van der Waals surface area (Å²) in [6.45, 7) is -0.692. The van der Waals surface area contributed by atoms with E-state index in [1.165, 1.54) is 0 Å². The summed E-state index contributed by atoms with van der Waals surface area (Å²) in [6.07, 6.45) is -1.73. The minimum atomic E-state index is -4.37. The largest absolute Gasteiger partial charge is 0.467 e. The molecule has 0 spiro atoms. The zero-order valence-electron chi connectivity index (χ0n) is 10.6. The van der Waals surface area contributed by atoms with Gasteiger partial charge >= 0.3 is 5.97 Å². The number of hydrogen-bond donors (Lipinski definition) is 3. The SMILES string of the molecule is COC(=O)C(O)CNS(=O)(=O)c1cc(Cl)c(Br)c(N)c1F. The average molecular weight is 406 g/mol. The molecule has 0 saturated carbocycles. The fourth-order valence-corrected chi connectivity index (χ4v) is 3.00. The van der Waals surface area contributed by atoms with Crippen molar-refractivity contribution in [1.82, 2.24) is 4.72 Å². The molecule has 0 aliphatic heterocycles. The van der Waals surface area contributed by atoms with Crippen LogP contribution in [0.4, 0.5) is 10.1 Å². The first kappa shape index (κ1) is 18.1. The van der Waals surface area contributed by atoms with Gasteiger partial charge in [-0.1, -0.05) is 11.6 Å². The van der Waals surface area contributed by atoms with Gasteiger partial charge in [0.05, 0.1) is 22.3 Å². The van der Waals surface area contributed by atoms with Crippen LogP contribution in [-0.4, -0.2) is 39.3 Å². The highest BCUT2D eigenvalue weighted by molar-refractivity contribution is 9.10. The summed E-state index contributed by atoms with van der Waals surface area (Å²) in [6, 6.07) is 0.851. The van der Waals surface area contributed by atoms with E-state index >= 15 is 0 Å². The number of nitrogens with one attached hydrogen (secondary N) is 1. The standard InChI is InChI=1S/C10H11BrClFN2O5S/c1-20-10(17)5(16)3-15-21(18,19)6-2-4(12)7(11)9(14)8(6)13/h2,5,15-16H,3,14H2,1H3. The van der Waals surface area contributed by atoms with Crippen LogP contribution < -0.4 is 10.5 Å². The van der Waals surface area contributed by atoms with E-state index in [-0.39, 0.29) is 9.50 Å². The molecule has 0 heterocycles. The van der Waals surface area contributed by atoms with Gasteiger partial charge in [0.15, 0.2) is 11.9 Å². The average Bonchev–Trinajstić information content (AvgIpc) is 2.45. The Morgan fingerprint density at radius 3 is 2.76 bits per heavy atom. The van der Waals surface area contributed by atoms with Crippen molar-refractivity contribution in [2.75, 3.05) is 19.4 Å². The zero-order chi connectivity index (χ0) is 16.4. The van der Waals surface area contributed by atoms with Gasteiger partial charge in [0.25, 0.3) is 0 Å². The summed E-state index contributed by atoms with van der Waals surface area (Å²) in [5.74, 6) is -2.24. The Labute approximate surface area is 133 Å². The smallest absolute Gasteiger partial charge is 0.336 e. The molecule has 1 aromatic carbocycles. The van der Waals surface area contributed by atoms with Crippen molar-refractivity contribution < 1.29 is 27.4 Å². The number of halogens is 3. The molecule has 0 radical (unpaired) electrons. The van der Waals surface area contributed by atoms with Crippen molar-refractivity contribution in [1.29, 1.82) is 0 Å². The number of hydrogen-bond acceptors (Lipinski definition) is 6. The minimum absolute atomic E-state index is 0.0233. The Balaban J connectivity index is 3.07. The second kappa shape index (κ2) is 6.88. The highest BCUT2D eigenvalue weighted by atomic mass is 79.9. The molecule has 0 aromatic heterocycles. The minimum Gasteiger partial charge on any atom is -0.467 e. The third-order valence-corrected chi connectivity index (χ3v) is 5.19. The van der Waals surface area contributed by atoms with Crippen LogP contribution in [0.5, 0.6) is 0 Å². The summed E-state index contributed by atoms with van der Waals surface area (Å²) in [7, 11) is -3.34. The summed E-state index contributed by atoms with van der Waals surface area (Å²) in [5.41, 5.74) is 4.91. The second-order valence-electron chi connectivity index (χ2n) is 3.79. The number of nitrogens with two attached hydrogens (primary N) is 1. The molecule has 1 atom stereocenters. The molecule has 118 valence electrons. The van der Waals surface area contributed by atoms with E-state index in [9.17, 15) is 22.7 Å². The van der Waals surface area contributed by atoms with Gasteiger partial charge in [0.1, 0.15) is 4.90 Å². The van der Waals surface area contributed by atoms with Gasteiger partial charge < -0.3 is 15.6 Å². The zero-order valence-corrected chi connectivity index (χ0v) is 13.7. The normalized spacial score (nSPS) is 13.0. The van der Waals surface area contributed by atoms with Gasteiger partial charge in [-0.3, -0.25) is 0 Å². The number of ether oxygens (including phenoxy) is 1. The molecule has 7 nitrogen and oxygen atoms in total. The van der Waals surface area contributed by atoms with Crippen LogP contribution in [0.1, 0.15) is 0 Å². The number of benzene rings is 1. The number of nitrogen functional groups attached to an aromatic ring is 1. The Kier molecular flexibility index (Phi) is 5.93. The number of rotatable bonds is 5. The monoisotopic (exact) mass is 404 g/mol. The lowest BCUT2D eigenvalue weighted by molar-refractivity contribution is -0.149. The predicted molar refractivity (Wildman–Crippen MR) is 76.7 cm³/mol. The number of methoxy groups -OCH3 is 1. The summed E-state index contributed by atoms with van der Waals surface area (Å²) in [5, 5.41) is 9.19. The molecule has 1 rings (SSSR count). The number of aliphatic hydroxyl groups is 1. The number of anilines is 1. The van der Waals surface area contributed by atoms with E-state index < -0.39 is 45.0 Å². The Bertz CT molecular complexity index is 670.